The Balaban J connectivity index is 1.47. The van der Waals surface area contributed by atoms with Gasteiger partial charge in [0.25, 0.3) is 0 Å². The summed E-state index contributed by atoms with van der Waals surface area (Å²) in [6, 6.07) is 0. The highest BCUT2D eigenvalue weighted by molar-refractivity contribution is 4.69. The third kappa shape index (κ3) is 5.22. The quantitative estimate of drug-likeness (QED) is 0.688. The minimum Gasteiger partial charge on any atom is -0.381 e. The maximum Gasteiger partial charge on any atom is 0.0507 e. The Morgan fingerprint density at radius 3 is 2.67 bits per heavy atom. The fourth-order valence-corrected chi connectivity index (χ4v) is 2.80. The summed E-state index contributed by atoms with van der Waals surface area (Å²) in [6.07, 6.45) is 3.79. The van der Waals surface area contributed by atoms with Crippen LogP contribution in [-0.2, 0) is 9.47 Å². The van der Waals surface area contributed by atoms with Gasteiger partial charge in [-0.3, -0.25) is 0 Å². The van der Waals surface area contributed by atoms with Crippen molar-refractivity contribution < 1.29 is 9.47 Å². The zero-order valence-corrected chi connectivity index (χ0v) is 11.7. The molecule has 4 heteroatoms. The van der Waals surface area contributed by atoms with Crippen LogP contribution in [0.4, 0.5) is 0 Å². The van der Waals surface area contributed by atoms with Crippen molar-refractivity contribution in [3.63, 3.8) is 0 Å². The number of nitrogens with one attached hydrogen (secondary N) is 1. The lowest BCUT2D eigenvalue weighted by molar-refractivity contribution is 0.0422. The van der Waals surface area contributed by atoms with Crippen molar-refractivity contribution in [3.05, 3.63) is 0 Å². The molecule has 0 aromatic carbocycles. The second kappa shape index (κ2) is 8.10. The summed E-state index contributed by atoms with van der Waals surface area (Å²) in [4.78, 5) is 2.43. The third-order valence-electron chi connectivity index (χ3n) is 3.95. The van der Waals surface area contributed by atoms with Gasteiger partial charge >= 0.3 is 0 Å². The average Bonchev–Trinajstić information content (AvgIpc) is 2.89. The van der Waals surface area contributed by atoms with E-state index in [1.807, 2.05) is 0 Å². The van der Waals surface area contributed by atoms with Crippen molar-refractivity contribution >= 4 is 0 Å². The van der Waals surface area contributed by atoms with E-state index >= 15 is 0 Å². The van der Waals surface area contributed by atoms with Gasteiger partial charge in [-0.15, -0.1) is 0 Å². The fraction of sp³-hybridized carbons (Fsp3) is 1.00. The molecule has 2 fully saturated rings. The molecule has 2 atom stereocenters. The summed E-state index contributed by atoms with van der Waals surface area (Å²) in [6.45, 7) is 8.32. The molecule has 0 spiro atoms. The maximum absolute atomic E-state index is 5.52. The summed E-state index contributed by atoms with van der Waals surface area (Å²) in [7, 11) is 2.22. The van der Waals surface area contributed by atoms with Crippen LogP contribution in [-0.4, -0.2) is 64.6 Å². The van der Waals surface area contributed by atoms with Crippen LogP contribution in [0.15, 0.2) is 0 Å². The molecule has 18 heavy (non-hydrogen) atoms. The second-order valence-electron chi connectivity index (χ2n) is 5.78. The molecule has 0 aliphatic carbocycles. The molecule has 106 valence electrons. The summed E-state index contributed by atoms with van der Waals surface area (Å²) >= 11 is 0. The topological polar surface area (TPSA) is 33.7 Å². The molecule has 0 aromatic rings. The molecule has 4 nitrogen and oxygen atoms in total. The van der Waals surface area contributed by atoms with Crippen molar-refractivity contribution in [1.29, 1.82) is 0 Å². The van der Waals surface area contributed by atoms with E-state index in [9.17, 15) is 0 Å². The Morgan fingerprint density at radius 1 is 1.11 bits per heavy atom. The predicted molar refractivity (Wildman–Crippen MR) is 72.8 cm³/mol. The molecular formula is C14H28N2O2. The first-order valence-electron chi connectivity index (χ1n) is 7.39. The van der Waals surface area contributed by atoms with Gasteiger partial charge in [-0.1, -0.05) is 0 Å². The van der Waals surface area contributed by atoms with Crippen LogP contribution in [0.1, 0.15) is 19.3 Å². The molecule has 0 radical (unpaired) electrons. The van der Waals surface area contributed by atoms with Gasteiger partial charge in [-0.05, 0) is 38.1 Å². The van der Waals surface area contributed by atoms with Gasteiger partial charge in [0.15, 0.2) is 0 Å². The van der Waals surface area contributed by atoms with E-state index in [0.717, 1.165) is 57.9 Å². The smallest absolute Gasteiger partial charge is 0.0507 e. The highest BCUT2D eigenvalue weighted by Gasteiger charge is 2.16. The Morgan fingerprint density at radius 2 is 1.94 bits per heavy atom. The molecule has 2 aliphatic rings. The third-order valence-corrected chi connectivity index (χ3v) is 3.95. The van der Waals surface area contributed by atoms with Crippen LogP contribution in [0.25, 0.3) is 0 Å². The van der Waals surface area contributed by atoms with Gasteiger partial charge < -0.3 is 19.7 Å². The minimum absolute atomic E-state index is 0.738. The minimum atomic E-state index is 0.738. The SMILES string of the molecule is CN(CCNCC1CCOC1)CC1CCCOC1. The molecule has 2 saturated heterocycles. The van der Waals surface area contributed by atoms with Gasteiger partial charge in [-0.25, -0.2) is 0 Å². The lowest BCUT2D eigenvalue weighted by atomic mass is 10.0. The fourth-order valence-electron chi connectivity index (χ4n) is 2.80. The number of ether oxygens (including phenoxy) is 2. The van der Waals surface area contributed by atoms with E-state index in [1.165, 1.54) is 25.8 Å². The van der Waals surface area contributed by atoms with E-state index in [2.05, 4.69) is 17.3 Å². The number of hydrogen-bond acceptors (Lipinski definition) is 4. The summed E-state index contributed by atoms with van der Waals surface area (Å²) in [5.74, 6) is 1.48. The molecule has 2 unspecified atom stereocenters. The summed E-state index contributed by atoms with van der Waals surface area (Å²) < 4.78 is 10.9. The van der Waals surface area contributed by atoms with E-state index in [-0.39, 0.29) is 0 Å². The molecule has 2 rings (SSSR count). The van der Waals surface area contributed by atoms with Crippen molar-refractivity contribution in [1.82, 2.24) is 10.2 Å². The monoisotopic (exact) mass is 256 g/mol. The molecule has 2 aliphatic heterocycles. The standard InChI is InChI=1S/C14H28N2O2/c1-16(10-14-3-2-7-17-12-14)6-5-15-9-13-4-8-18-11-13/h13-15H,2-12H2,1H3. The first kappa shape index (κ1) is 14.3. The molecule has 0 aromatic heterocycles. The maximum atomic E-state index is 5.52. The van der Waals surface area contributed by atoms with E-state index in [0.29, 0.717) is 0 Å². The highest BCUT2D eigenvalue weighted by atomic mass is 16.5. The van der Waals surface area contributed by atoms with Crippen LogP contribution in [0, 0.1) is 11.8 Å². The zero-order valence-electron chi connectivity index (χ0n) is 11.7. The lowest BCUT2D eigenvalue weighted by Crippen LogP contribution is -2.36. The van der Waals surface area contributed by atoms with Gasteiger partial charge in [0.1, 0.15) is 0 Å². The first-order valence-corrected chi connectivity index (χ1v) is 7.39. The largest absolute Gasteiger partial charge is 0.381 e. The Hall–Kier alpha value is -0.160. The average molecular weight is 256 g/mol. The molecule has 0 amide bonds. The van der Waals surface area contributed by atoms with Crippen LogP contribution < -0.4 is 5.32 Å². The predicted octanol–water partition coefficient (Wildman–Crippen LogP) is 0.971. The van der Waals surface area contributed by atoms with Gasteiger partial charge in [0.05, 0.1) is 13.2 Å². The number of likely N-dealkylation sites (N-methyl/N-ethyl adjacent to an activating group) is 1. The van der Waals surface area contributed by atoms with Gasteiger partial charge in [0.2, 0.25) is 0 Å². The Bertz CT molecular complexity index is 214. The molecule has 0 bridgehead atoms. The molecule has 2 heterocycles. The second-order valence-corrected chi connectivity index (χ2v) is 5.78. The van der Waals surface area contributed by atoms with Crippen molar-refractivity contribution in [2.45, 2.75) is 19.3 Å². The molecule has 1 N–H and O–H groups in total. The van der Waals surface area contributed by atoms with E-state index in [1.54, 1.807) is 0 Å². The van der Waals surface area contributed by atoms with Crippen molar-refractivity contribution in [3.8, 4) is 0 Å². The lowest BCUT2D eigenvalue weighted by Gasteiger charge is -2.27. The zero-order chi connectivity index (χ0) is 12.6. The number of rotatable bonds is 7. The number of nitrogens with zero attached hydrogens (tertiary/aromatic N) is 1. The van der Waals surface area contributed by atoms with Crippen molar-refractivity contribution in [2.75, 3.05) is 59.7 Å². The molecule has 0 saturated carbocycles. The summed E-state index contributed by atoms with van der Waals surface area (Å²) in [5, 5.41) is 3.54. The van der Waals surface area contributed by atoms with E-state index < -0.39 is 0 Å². The highest BCUT2D eigenvalue weighted by Crippen LogP contribution is 2.14. The van der Waals surface area contributed by atoms with Crippen LogP contribution in [0.5, 0.6) is 0 Å². The Kier molecular flexibility index (Phi) is 6.41. The van der Waals surface area contributed by atoms with Gasteiger partial charge in [-0.2, -0.15) is 0 Å². The van der Waals surface area contributed by atoms with Gasteiger partial charge in [0, 0.05) is 39.4 Å². The normalized spacial score (nSPS) is 29.0. The Labute approximate surface area is 111 Å². The number of hydrogen-bond donors (Lipinski definition) is 1. The van der Waals surface area contributed by atoms with Crippen LogP contribution in [0.3, 0.4) is 0 Å². The van der Waals surface area contributed by atoms with Crippen LogP contribution >= 0.6 is 0 Å². The first-order chi connectivity index (χ1) is 8.84. The summed E-state index contributed by atoms with van der Waals surface area (Å²) in [5.41, 5.74) is 0. The van der Waals surface area contributed by atoms with E-state index in [4.69, 9.17) is 9.47 Å². The molecular weight excluding hydrogens is 228 g/mol. The van der Waals surface area contributed by atoms with Crippen molar-refractivity contribution in [2.24, 2.45) is 11.8 Å². The van der Waals surface area contributed by atoms with Crippen LogP contribution in [0.2, 0.25) is 0 Å².